The van der Waals surface area contributed by atoms with Gasteiger partial charge in [-0.15, -0.1) is 0 Å². The molecule has 0 spiro atoms. The molecule has 7 heteroatoms. The standard InChI is InChI=1S/C10H13Cl2N5/c11-8-7(9(12)16-10(13)15-8)14-6-17-4-2-1-3-5-17/h6H,1-5H2,(H2,13,15,16). The van der Waals surface area contributed by atoms with Crippen molar-refractivity contribution in [3.05, 3.63) is 10.3 Å². The lowest BCUT2D eigenvalue weighted by Crippen LogP contribution is -2.28. The first-order valence-electron chi connectivity index (χ1n) is 5.43. The Labute approximate surface area is 110 Å². The Morgan fingerprint density at radius 2 is 1.71 bits per heavy atom. The van der Waals surface area contributed by atoms with E-state index in [4.69, 9.17) is 28.9 Å². The minimum atomic E-state index is 0.0527. The van der Waals surface area contributed by atoms with Crippen LogP contribution in [0, 0.1) is 0 Å². The van der Waals surface area contributed by atoms with E-state index in [0.717, 1.165) is 13.1 Å². The topological polar surface area (TPSA) is 67.4 Å². The number of rotatable bonds is 2. The predicted octanol–water partition coefficient (Wildman–Crippen LogP) is 2.51. The number of aromatic nitrogens is 2. The molecule has 17 heavy (non-hydrogen) atoms. The maximum atomic E-state index is 5.90. The van der Waals surface area contributed by atoms with E-state index in [9.17, 15) is 0 Å². The predicted molar refractivity (Wildman–Crippen MR) is 70.0 cm³/mol. The molecule has 2 N–H and O–H groups in total. The zero-order valence-electron chi connectivity index (χ0n) is 9.24. The Kier molecular flexibility index (Phi) is 4.02. The molecule has 1 aliphatic rings. The minimum Gasteiger partial charge on any atom is -0.368 e. The van der Waals surface area contributed by atoms with Gasteiger partial charge in [0.1, 0.15) is 5.69 Å². The van der Waals surface area contributed by atoms with Crippen LogP contribution in [0.4, 0.5) is 11.6 Å². The number of nitrogens with zero attached hydrogens (tertiary/aromatic N) is 4. The highest BCUT2D eigenvalue weighted by Crippen LogP contribution is 2.30. The summed E-state index contributed by atoms with van der Waals surface area (Å²) in [6, 6.07) is 0. The van der Waals surface area contributed by atoms with Crippen LogP contribution in [0.5, 0.6) is 0 Å². The lowest BCUT2D eigenvalue weighted by molar-refractivity contribution is 0.351. The lowest BCUT2D eigenvalue weighted by Gasteiger charge is -2.23. The average Bonchev–Trinajstić information content (AvgIpc) is 2.29. The van der Waals surface area contributed by atoms with E-state index in [0.29, 0.717) is 5.69 Å². The molecule has 0 aromatic carbocycles. The number of likely N-dealkylation sites (tertiary alicyclic amines) is 1. The molecule has 2 rings (SSSR count). The molecule has 0 atom stereocenters. The van der Waals surface area contributed by atoms with Crippen LogP contribution >= 0.6 is 23.2 Å². The van der Waals surface area contributed by atoms with Gasteiger partial charge in [0.2, 0.25) is 5.95 Å². The maximum Gasteiger partial charge on any atom is 0.223 e. The van der Waals surface area contributed by atoms with E-state index in [1.807, 2.05) is 0 Å². The maximum absolute atomic E-state index is 5.90. The van der Waals surface area contributed by atoms with Crippen LogP contribution in [-0.2, 0) is 0 Å². The number of hydrogen-bond donors (Lipinski definition) is 1. The number of nitrogen functional groups attached to an aromatic ring is 1. The lowest BCUT2D eigenvalue weighted by atomic mass is 10.1. The first-order chi connectivity index (χ1) is 8.16. The van der Waals surface area contributed by atoms with E-state index in [1.54, 1.807) is 6.34 Å². The van der Waals surface area contributed by atoms with Crippen molar-refractivity contribution in [1.29, 1.82) is 0 Å². The van der Waals surface area contributed by atoms with Crippen LogP contribution in [0.25, 0.3) is 0 Å². The summed E-state index contributed by atoms with van der Waals surface area (Å²) in [7, 11) is 0. The fourth-order valence-electron chi connectivity index (χ4n) is 1.70. The van der Waals surface area contributed by atoms with Crippen LogP contribution in [-0.4, -0.2) is 34.3 Å². The van der Waals surface area contributed by atoms with Gasteiger partial charge in [-0.3, -0.25) is 0 Å². The summed E-state index contributed by atoms with van der Waals surface area (Å²) in [5.74, 6) is 0.0527. The largest absolute Gasteiger partial charge is 0.368 e. The van der Waals surface area contributed by atoms with E-state index < -0.39 is 0 Å². The SMILES string of the molecule is Nc1nc(Cl)c(N=CN2CCCCC2)c(Cl)n1. The summed E-state index contributed by atoms with van der Waals surface area (Å²) in [5, 5.41) is 0.353. The number of halogens is 2. The van der Waals surface area contributed by atoms with Gasteiger partial charge >= 0.3 is 0 Å². The fourth-order valence-corrected chi connectivity index (χ4v) is 2.20. The van der Waals surface area contributed by atoms with Gasteiger partial charge in [-0.2, -0.15) is 9.97 Å². The van der Waals surface area contributed by atoms with Crippen molar-refractivity contribution >= 4 is 41.2 Å². The second-order valence-corrected chi connectivity index (χ2v) is 4.57. The van der Waals surface area contributed by atoms with E-state index in [1.165, 1.54) is 19.3 Å². The molecule has 1 aromatic rings. The number of nitrogens with two attached hydrogens (primary N) is 1. The van der Waals surface area contributed by atoms with Crippen LogP contribution in [0.1, 0.15) is 19.3 Å². The van der Waals surface area contributed by atoms with Gasteiger partial charge in [0.05, 0.1) is 6.34 Å². The van der Waals surface area contributed by atoms with Gasteiger partial charge in [-0.25, -0.2) is 4.99 Å². The van der Waals surface area contributed by atoms with E-state index in [2.05, 4.69) is 19.9 Å². The van der Waals surface area contributed by atoms with Crippen molar-refractivity contribution in [2.75, 3.05) is 18.8 Å². The second-order valence-electron chi connectivity index (χ2n) is 3.85. The summed E-state index contributed by atoms with van der Waals surface area (Å²) in [6.07, 6.45) is 5.39. The molecule has 92 valence electrons. The summed E-state index contributed by atoms with van der Waals surface area (Å²) in [4.78, 5) is 14.0. The summed E-state index contributed by atoms with van der Waals surface area (Å²) >= 11 is 11.8. The Balaban J connectivity index is 2.14. The zero-order valence-corrected chi connectivity index (χ0v) is 10.7. The Hall–Kier alpha value is -1.07. The molecule has 0 unspecified atom stereocenters. The highest BCUT2D eigenvalue weighted by Gasteiger charge is 2.10. The number of anilines is 1. The molecule has 1 aromatic heterocycles. The van der Waals surface area contributed by atoms with E-state index in [-0.39, 0.29) is 16.3 Å². The fraction of sp³-hybridized carbons (Fsp3) is 0.500. The van der Waals surface area contributed by atoms with Gasteiger partial charge in [0.25, 0.3) is 0 Å². The quantitative estimate of drug-likeness (QED) is 0.511. The molecule has 0 radical (unpaired) electrons. The summed E-state index contributed by atoms with van der Waals surface area (Å²) in [6.45, 7) is 2.02. The normalized spacial score (nSPS) is 16.7. The molecule has 0 bridgehead atoms. The number of aliphatic imine (C=N–C) groups is 1. The molecular weight excluding hydrogens is 261 g/mol. The highest BCUT2D eigenvalue weighted by atomic mass is 35.5. The van der Waals surface area contributed by atoms with Gasteiger partial charge in [-0.05, 0) is 19.3 Å². The van der Waals surface area contributed by atoms with Gasteiger partial charge in [-0.1, -0.05) is 23.2 Å². The first-order valence-corrected chi connectivity index (χ1v) is 6.19. The summed E-state index contributed by atoms with van der Waals surface area (Å²) in [5.41, 5.74) is 5.78. The van der Waals surface area contributed by atoms with Crippen molar-refractivity contribution in [2.24, 2.45) is 4.99 Å². The van der Waals surface area contributed by atoms with Crippen molar-refractivity contribution in [3.8, 4) is 0 Å². The molecule has 0 amide bonds. The zero-order chi connectivity index (χ0) is 12.3. The molecule has 1 saturated heterocycles. The Morgan fingerprint density at radius 1 is 1.12 bits per heavy atom. The van der Waals surface area contributed by atoms with Crippen LogP contribution in [0.3, 0.4) is 0 Å². The van der Waals surface area contributed by atoms with Crippen molar-refractivity contribution < 1.29 is 0 Å². The van der Waals surface area contributed by atoms with Gasteiger partial charge in [0, 0.05) is 13.1 Å². The van der Waals surface area contributed by atoms with Crippen LogP contribution in [0.15, 0.2) is 4.99 Å². The first kappa shape index (κ1) is 12.4. The summed E-state index contributed by atoms with van der Waals surface area (Å²) < 4.78 is 0. The third-order valence-electron chi connectivity index (χ3n) is 2.56. The van der Waals surface area contributed by atoms with Crippen molar-refractivity contribution in [1.82, 2.24) is 14.9 Å². The van der Waals surface area contributed by atoms with Gasteiger partial charge < -0.3 is 10.6 Å². The van der Waals surface area contributed by atoms with Crippen LogP contribution < -0.4 is 5.73 Å². The monoisotopic (exact) mass is 273 g/mol. The van der Waals surface area contributed by atoms with Crippen molar-refractivity contribution in [2.45, 2.75) is 19.3 Å². The molecule has 5 nitrogen and oxygen atoms in total. The Morgan fingerprint density at radius 3 is 2.29 bits per heavy atom. The van der Waals surface area contributed by atoms with Crippen LogP contribution in [0.2, 0.25) is 10.3 Å². The molecule has 2 heterocycles. The molecule has 1 aliphatic heterocycles. The van der Waals surface area contributed by atoms with Gasteiger partial charge in [0.15, 0.2) is 10.3 Å². The Bertz CT molecular complexity index is 406. The third kappa shape index (κ3) is 3.20. The molecular formula is C10H13Cl2N5. The third-order valence-corrected chi connectivity index (χ3v) is 3.08. The molecule has 0 aliphatic carbocycles. The minimum absolute atomic E-state index is 0.0527. The molecule has 0 saturated carbocycles. The highest BCUT2D eigenvalue weighted by molar-refractivity contribution is 6.37. The smallest absolute Gasteiger partial charge is 0.223 e. The second kappa shape index (κ2) is 5.51. The van der Waals surface area contributed by atoms with E-state index >= 15 is 0 Å². The number of piperidine rings is 1. The molecule has 1 fully saturated rings. The van der Waals surface area contributed by atoms with Crippen molar-refractivity contribution in [3.63, 3.8) is 0 Å². The average molecular weight is 274 g/mol. The number of hydrogen-bond acceptors (Lipinski definition) is 4.